The quantitative estimate of drug-likeness (QED) is 0.788. The topological polar surface area (TPSA) is 40.2 Å². The van der Waals surface area contributed by atoms with Crippen LogP contribution in [0, 0.1) is 11.3 Å². The van der Waals surface area contributed by atoms with Crippen LogP contribution in [0.3, 0.4) is 0 Å². The summed E-state index contributed by atoms with van der Waals surface area (Å²) >= 11 is 0. The molecular formula is C13H14N2O. The van der Waals surface area contributed by atoms with Gasteiger partial charge in [-0.15, -0.1) is 0 Å². The van der Waals surface area contributed by atoms with Gasteiger partial charge in [0.1, 0.15) is 11.7 Å². The van der Waals surface area contributed by atoms with Crippen LogP contribution in [-0.4, -0.2) is 13.1 Å². The molecule has 16 heavy (non-hydrogen) atoms. The highest BCUT2D eigenvalue weighted by molar-refractivity contribution is 5.82. The Morgan fingerprint density at radius 3 is 2.62 bits per heavy atom. The molecule has 0 unspecified atom stereocenters. The third-order valence-corrected chi connectivity index (χ3v) is 2.74. The van der Waals surface area contributed by atoms with Crippen LogP contribution in [0.1, 0.15) is 19.6 Å². The number of rotatable bonds is 3. The first-order chi connectivity index (χ1) is 7.78. The van der Waals surface area contributed by atoms with E-state index in [2.05, 4.69) is 24.8 Å². The van der Waals surface area contributed by atoms with Gasteiger partial charge in [0.05, 0.1) is 0 Å². The predicted octanol–water partition coefficient (Wildman–Crippen LogP) is 3.15. The van der Waals surface area contributed by atoms with E-state index in [1.165, 1.54) is 0 Å². The Bertz CT molecular complexity index is 532. The van der Waals surface area contributed by atoms with Crippen molar-refractivity contribution in [2.75, 3.05) is 18.0 Å². The second-order valence-corrected chi connectivity index (χ2v) is 3.62. The number of nitriles is 1. The Hall–Kier alpha value is -1.95. The summed E-state index contributed by atoms with van der Waals surface area (Å²) in [6, 6.07) is 9.82. The van der Waals surface area contributed by atoms with E-state index >= 15 is 0 Å². The molecule has 2 rings (SSSR count). The number of hydrogen-bond acceptors (Lipinski definition) is 3. The molecule has 0 aliphatic carbocycles. The van der Waals surface area contributed by atoms with E-state index < -0.39 is 0 Å². The molecule has 0 saturated heterocycles. The zero-order valence-corrected chi connectivity index (χ0v) is 9.53. The van der Waals surface area contributed by atoms with E-state index in [0.717, 1.165) is 29.7 Å². The summed E-state index contributed by atoms with van der Waals surface area (Å²) in [4.78, 5) is 2.24. The first-order valence-corrected chi connectivity index (χ1v) is 5.47. The van der Waals surface area contributed by atoms with E-state index in [-0.39, 0.29) is 0 Å². The molecule has 0 radical (unpaired) electrons. The smallest absolute Gasteiger partial charge is 0.204 e. The minimum atomic E-state index is 0.367. The summed E-state index contributed by atoms with van der Waals surface area (Å²) < 4.78 is 5.41. The van der Waals surface area contributed by atoms with Gasteiger partial charge in [-0.1, -0.05) is 0 Å². The van der Waals surface area contributed by atoms with Crippen LogP contribution in [0.4, 0.5) is 5.69 Å². The molecule has 0 N–H and O–H groups in total. The van der Waals surface area contributed by atoms with E-state index in [4.69, 9.17) is 9.68 Å². The Balaban J connectivity index is 2.47. The van der Waals surface area contributed by atoms with E-state index in [9.17, 15) is 0 Å². The molecule has 2 aromatic rings. The van der Waals surface area contributed by atoms with Crippen molar-refractivity contribution in [2.45, 2.75) is 13.8 Å². The van der Waals surface area contributed by atoms with Crippen molar-refractivity contribution in [1.29, 1.82) is 5.26 Å². The van der Waals surface area contributed by atoms with Crippen LogP contribution in [0.25, 0.3) is 11.0 Å². The van der Waals surface area contributed by atoms with Crippen molar-refractivity contribution in [3.8, 4) is 6.07 Å². The molecular weight excluding hydrogens is 200 g/mol. The van der Waals surface area contributed by atoms with Crippen LogP contribution >= 0.6 is 0 Å². The van der Waals surface area contributed by atoms with Crippen molar-refractivity contribution in [2.24, 2.45) is 0 Å². The van der Waals surface area contributed by atoms with Gasteiger partial charge in [0, 0.05) is 36.3 Å². The van der Waals surface area contributed by atoms with Gasteiger partial charge < -0.3 is 9.32 Å². The fraction of sp³-hybridized carbons (Fsp3) is 0.308. The van der Waals surface area contributed by atoms with Crippen molar-refractivity contribution in [1.82, 2.24) is 0 Å². The molecule has 0 amide bonds. The molecule has 1 heterocycles. The third-order valence-electron chi connectivity index (χ3n) is 2.74. The SMILES string of the molecule is CCN(CC)c1ccc2cc(C#N)oc2c1. The summed E-state index contributed by atoms with van der Waals surface area (Å²) in [5.74, 6) is 0.367. The predicted molar refractivity (Wildman–Crippen MR) is 64.5 cm³/mol. The summed E-state index contributed by atoms with van der Waals surface area (Å²) in [6.07, 6.45) is 0. The standard InChI is InChI=1S/C13H14N2O/c1-3-15(4-2)11-6-5-10-7-12(9-14)16-13(10)8-11/h5-8H,3-4H2,1-2H3. The second-order valence-electron chi connectivity index (χ2n) is 3.62. The van der Waals surface area contributed by atoms with Gasteiger partial charge in [-0.05, 0) is 26.0 Å². The van der Waals surface area contributed by atoms with Crippen LogP contribution in [0.15, 0.2) is 28.7 Å². The lowest BCUT2D eigenvalue weighted by molar-refractivity contribution is 0.599. The molecule has 3 heteroatoms. The van der Waals surface area contributed by atoms with Crippen molar-refractivity contribution >= 4 is 16.7 Å². The number of fused-ring (bicyclic) bond motifs is 1. The summed E-state index contributed by atoms with van der Waals surface area (Å²) in [5.41, 5.74) is 1.91. The summed E-state index contributed by atoms with van der Waals surface area (Å²) in [6.45, 7) is 6.18. The maximum Gasteiger partial charge on any atom is 0.204 e. The van der Waals surface area contributed by atoms with Crippen molar-refractivity contribution < 1.29 is 4.42 Å². The molecule has 0 aliphatic rings. The molecule has 0 spiro atoms. The summed E-state index contributed by atoms with van der Waals surface area (Å²) in [7, 11) is 0. The van der Waals surface area contributed by atoms with E-state index in [0.29, 0.717) is 5.76 Å². The first kappa shape index (κ1) is 10.6. The fourth-order valence-electron chi connectivity index (χ4n) is 1.86. The highest BCUT2D eigenvalue weighted by Crippen LogP contribution is 2.24. The Labute approximate surface area is 94.9 Å². The molecule has 0 atom stereocenters. The van der Waals surface area contributed by atoms with Gasteiger partial charge >= 0.3 is 0 Å². The number of nitrogens with zero attached hydrogens (tertiary/aromatic N) is 2. The second kappa shape index (κ2) is 4.28. The average molecular weight is 214 g/mol. The van der Waals surface area contributed by atoms with E-state index in [1.807, 2.05) is 18.2 Å². The monoisotopic (exact) mass is 214 g/mol. The van der Waals surface area contributed by atoms with Gasteiger partial charge in [-0.3, -0.25) is 0 Å². The first-order valence-electron chi connectivity index (χ1n) is 5.47. The van der Waals surface area contributed by atoms with Crippen LogP contribution in [0.2, 0.25) is 0 Å². The lowest BCUT2D eigenvalue weighted by atomic mass is 10.2. The normalized spacial score (nSPS) is 10.3. The molecule has 0 aliphatic heterocycles. The Morgan fingerprint density at radius 1 is 1.25 bits per heavy atom. The lowest BCUT2D eigenvalue weighted by Crippen LogP contribution is -2.21. The Kier molecular flexibility index (Phi) is 2.82. The Morgan fingerprint density at radius 2 is 2.00 bits per heavy atom. The minimum Gasteiger partial charge on any atom is -0.446 e. The number of furan rings is 1. The van der Waals surface area contributed by atoms with Gasteiger partial charge in [0.2, 0.25) is 5.76 Å². The molecule has 1 aromatic carbocycles. The highest BCUT2D eigenvalue weighted by atomic mass is 16.3. The number of anilines is 1. The van der Waals surface area contributed by atoms with Crippen molar-refractivity contribution in [3.63, 3.8) is 0 Å². The molecule has 1 aromatic heterocycles. The van der Waals surface area contributed by atoms with Gasteiger partial charge in [-0.25, -0.2) is 0 Å². The van der Waals surface area contributed by atoms with Crippen LogP contribution in [0.5, 0.6) is 0 Å². The number of benzene rings is 1. The number of hydrogen-bond donors (Lipinski definition) is 0. The molecule has 0 bridgehead atoms. The van der Waals surface area contributed by atoms with Crippen molar-refractivity contribution in [3.05, 3.63) is 30.0 Å². The van der Waals surface area contributed by atoms with Gasteiger partial charge in [0.15, 0.2) is 0 Å². The summed E-state index contributed by atoms with van der Waals surface area (Å²) in [5, 5.41) is 9.73. The highest BCUT2D eigenvalue weighted by Gasteiger charge is 2.06. The molecule has 82 valence electrons. The maximum atomic E-state index is 8.76. The zero-order valence-electron chi connectivity index (χ0n) is 9.53. The lowest BCUT2D eigenvalue weighted by Gasteiger charge is -2.20. The zero-order chi connectivity index (χ0) is 11.5. The molecule has 3 nitrogen and oxygen atoms in total. The molecule has 0 saturated carbocycles. The third kappa shape index (κ3) is 1.74. The average Bonchev–Trinajstić information content (AvgIpc) is 2.73. The largest absolute Gasteiger partial charge is 0.446 e. The molecule has 0 fully saturated rings. The maximum absolute atomic E-state index is 8.76. The van der Waals surface area contributed by atoms with Crippen LogP contribution in [-0.2, 0) is 0 Å². The van der Waals surface area contributed by atoms with E-state index in [1.54, 1.807) is 6.07 Å². The minimum absolute atomic E-state index is 0.367. The van der Waals surface area contributed by atoms with Crippen LogP contribution < -0.4 is 4.90 Å². The van der Waals surface area contributed by atoms with Gasteiger partial charge in [-0.2, -0.15) is 5.26 Å². The van der Waals surface area contributed by atoms with Gasteiger partial charge in [0.25, 0.3) is 0 Å². The fourth-order valence-corrected chi connectivity index (χ4v) is 1.86.